The van der Waals surface area contributed by atoms with E-state index in [0.29, 0.717) is 42.2 Å². The van der Waals surface area contributed by atoms with Crippen molar-refractivity contribution in [2.24, 2.45) is 0 Å². The molecule has 0 radical (unpaired) electrons. The molecular formula is C20H23N5O4. The summed E-state index contributed by atoms with van der Waals surface area (Å²) in [5, 5.41) is 5.11. The lowest BCUT2D eigenvalue weighted by atomic mass is 10.1. The van der Waals surface area contributed by atoms with Crippen LogP contribution >= 0.6 is 0 Å². The van der Waals surface area contributed by atoms with Crippen molar-refractivity contribution in [3.05, 3.63) is 53.0 Å². The van der Waals surface area contributed by atoms with Gasteiger partial charge in [-0.25, -0.2) is 4.98 Å². The standard InChI is InChI=1S/C20H23N5O4/c1-13(26)22-11-18(27)23-10-14-9-16-17(24-19(14)29-2)12-25(20(16)28)8-6-15-5-3-4-7-21-15/h3-5,7,9H,6,8,10-12H2,1-2H3,(H,22,26)(H,23,27). The molecule has 9 heteroatoms. The molecule has 0 fully saturated rings. The smallest absolute Gasteiger partial charge is 0.256 e. The Morgan fingerprint density at radius 2 is 2.10 bits per heavy atom. The lowest BCUT2D eigenvalue weighted by Gasteiger charge is -2.14. The molecule has 2 N–H and O–H groups in total. The summed E-state index contributed by atoms with van der Waals surface area (Å²) in [6.07, 6.45) is 2.39. The summed E-state index contributed by atoms with van der Waals surface area (Å²) >= 11 is 0. The van der Waals surface area contributed by atoms with Crippen molar-refractivity contribution in [3.8, 4) is 5.88 Å². The number of hydrogen-bond donors (Lipinski definition) is 2. The highest BCUT2D eigenvalue weighted by Gasteiger charge is 2.30. The van der Waals surface area contributed by atoms with Crippen molar-refractivity contribution in [2.45, 2.75) is 26.4 Å². The normalized spacial score (nSPS) is 12.5. The van der Waals surface area contributed by atoms with Crippen molar-refractivity contribution in [2.75, 3.05) is 20.2 Å². The summed E-state index contributed by atoms with van der Waals surface area (Å²) in [6, 6.07) is 7.41. The van der Waals surface area contributed by atoms with Gasteiger partial charge in [0.1, 0.15) is 0 Å². The Morgan fingerprint density at radius 3 is 2.79 bits per heavy atom. The second-order valence-corrected chi connectivity index (χ2v) is 6.64. The van der Waals surface area contributed by atoms with Crippen LogP contribution in [0.2, 0.25) is 0 Å². The molecule has 0 aromatic carbocycles. The summed E-state index contributed by atoms with van der Waals surface area (Å²) in [7, 11) is 1.49. The van der Waals surface area contributed by atoms with Gasteiger partial charge in [0.05, 0.1) is 31.5 Å². The van der Waals surface area contributed by atoms with Gasteiger partial charge in [0.15, 0.2) is 0 Å². The fourth-order valence-corrected chi connectivity index (χ4v) is 3.04. The number of rotatable bonds is 8. The van der Waals surface area contributed by atoms with Gasteiger partial charge in [-0.1, -0.05) is 6.07 Å². The van der Waals surface area contributed by atoms with Crippen molar-refractivity contribution in [1.29, 1.82) is 0 Å². The Balaban J connectivity index is 1.66. The van der Waals surface area contributed by atoms with E-state index >= 15 is 0 Å². The maximum Gasteiger partial charge on any atom is 0.256 e. The van der Waals surface area contributed by atoms with Gasteiger partial charge in [-0.2, -0.15) is 0 Å². The molecule has 0 unspecified atom stereocenters. The molecule has 0 saturated carbocycles. The molecular weight excluding hydrogens is 374 g/mol. The lowest BCUT2D eigenvalue weighted by Crippen LogP contribution is -2.35. The number of amides is 3. The van der Waals surface area contributed by atoms with Crippen LogP contribution < -0.4 is 15.4 Å². The first-order valence-corrected chi connectivity index (χ1v) is 9.25. The fraction of sp³-hybridized carbons (Fsp3) is 0.350. The molecule has 3 amide bonds. The van der Waals surface area contributed by atoms with E-state index in [2.05, 4.69) is 20.6 Å². The maximum absolute atomic E-state index is 12.8. The molecule has 0 spiro atoms. The van der Waals surface area contributed by atoms with E-state index in [1.165, 1.54) is 14.0 Å². The SMILES string of the molecule is COc1nc2c(cc1CNC(=O)CNC(C)=O)C(=O)N(CCc1ccccn1)C2. The number of methoxy groups -OCH3 is 1. The first kappa shape index (κ1) is 20.2. The average molecular weight is 397 g/mol. The van der Waals surface area contributed by atoms with Gasteiger partial charge in [-0.15, -0.1) is 0 Å². The molecule has 2 aromatic rings. The lowest BCUT2D eigenvalue weighted by molar-refractivity contribution is -0.125. The molecule has 0 aliphatic carbocycles. The molecule has 0 atom stereocenters. The van der Waals surface area contributed by atoms with Crippen LogP contribution in [0.4, 0.5) is 0 Å². The van der Waals surface area contributed by atoms with E-state index in [-0.39, 0.29) is 30.8 Å². The van der Waals surface area contributed by atoms with Crippen LogP contribution in [-0.2, 0) is 29.1 Å². The number of ether oxygens (including phenoxy) is 1. The molecule has 0 bridgehead atoms. The number of hydrogen-bond acceptors (Lipinski definition) is 6. The van der Waals surface area contributed by atoms with Crippen LogP contribution in [0, 0.1) is 0 Å². The van der Waals surface area contributed by atoms with Gasteiger partial charge in [-0.05, 0) is 18.2 Å². The molecule has 9 nitrogen and oxygen atoms in total. The highest BCUT2D eigenvalue weighted by Crippen LogP contribution is 2.27. The first-order valence-electron chi connectivity index (χ1n) is 9.25. The zero-order chi connectivity index (χ0) is 20.8. The Bertz CT molecular complexity index is 917. The summed E-state index contributed by atoms with van der Waals surface area (Å²) < 4.78 is 5.33. The third-order valence-corrected chi connectivity index (χ3v) is 4.53. The predicted molar refractivity (Wildman–Crippen MR) is 104 cm³/mol. The van der Waals surface area contributed by atoms with Gasteiger partial charge in [0, 0.05) is 43.9 Å². The van der Waals surface area contributed by atoms with Crippen LogP contribution in [0.15, 0.2) is 30.5 Å². The third-order valence-electron chi connectivity index (χ3n) is 4.53. The minimum Gasteiger partial charge on any atom is -0.481 e. The van der Waals surface area contributed by atoms with E-state index in [9.17, 15) is 14.4 Å². The molecule has 152 valence electrons. The minimum absolute atomic E-state index is 0.100. The quantitative estimate of drug-likeness (QED) is 0.668. The second-order valence-electron chi connectivity index (χ2n) is 6.64. The zero-order valence-electron chi connectivity index (χ0n) is 16.4. The van der Waals surface area contributed by atoms with Crippen molar-refractivity contribution in [1.82, 2.24) is 25.5 Å². The summed E-state index contributed by atoms with van der Waals surface area (Å²) in [5.74, 6) is -0.362. The monoisotopic (exact) mass is 397 g/mol. The van der Waals surface area contributed by atoms with Gasteiger partial charge in [0.25, 0.3) is 5.91 Å². The molecule has 29 heavy (non-hydrogen) atoms. The number of nitrogens with zero attached hydrogens (tertiary/aromatic N) is 3. The van der Waals surface area contributed by atoms with Gasteiger partial charge in [0.2, 0.25) is 17.7 Å². The van der Waals surface area contributed by atoms with Crippen molar-refractivity contribution < 1.29 is 19.1 Å². The predicted octanol–water partition coefficient (Wildman–Crippen LogP) is 0.436. The molecule has 1 aliphatic heterocycles. The van der Waals surface area contributed by atoms with Crippen LogP contribution in [0.25, 0.3) is 0 Å². The Labute approximate surface area is 168 Å². The van der Waals surface area contributed by atoms with Crippen LogP contribution in [0.1, 0.15) is 34.2 Å². The summed E-state index contributed by atoms with van der Waals surface area (Å²) in [6.45, 7) is 2.31. The first-order chi connectivity index (χ1) is 14.0. The number of carbonyl (C=O) groups excluding carboxylic acids is 3. The molecule has 1 aliphatic rings. The van der Waals surface area contributed by atoms with Crippen molar-refractivity contribution in [3.63, 3.8) is 0 Å². The maximum atomic E-state index is 12.8. The van der Waals surface area contributed by atoms with Crippen LogP contribution in [0.3, 0.4) is 0 Å². The van der Waals surface area contributed by atoms with E-state index in [4.69, 9.17) is 4.74 Å². The number of carbonyl (C=O) groups is 3. The highest BCUT2D eigenvalue weighted by molar-refractivity contribution is 5.98. The number of aromatic nitrogens is 2. The largest absolute Gasteiger partial charge is 0.481 e. The number of pyridine rings is 2. The van der Waals surface area contributed by atoms with Crippen molar-refractivity contribution >= 4 is 17.7 Å². The Hall–Kier alpha value is -3.49. The Kier molecular flexibility index (Phi) is 6.38. The summed E-state index contributed by atoms with van der Waals surface area (Å²) in [4.78, 5) is 46.0. The van der Waals surface area contributed by atoms with Gasteiger partial charge < -0.3 is 20.3 Å². The van der Waals surface area contributed by atoms with E-state index in [1.807, 2.05) is 18.2 Å². The minimum atomic E-state index is -0.342. The van der Waals surface area contributed by atoms with E-state index in [1.54, 1.807) is 17.2 Å². The van der Waals surface area contributed by atoms with Gasteiger partial charge >= 0.3 is 0 Å². The summed E-state index contributed by atoms with van der Waals surface area (Å²) in [5.41, 5.74) is 2.69. The fourth-order valence-electron chi connectivity index (χ4n) is 3.04. The number of nitrogens with one attached hydrogen (secondary N) is 2. The van der Waals surface area contributed by atoms with Gasteiger partial charge in [-0.3, -0.25) is 19.4 Å². The van der Waals surface area contributed by atoms with E-state index < -0.39 is 0 Å². The number of fused-ring (bicyclic) bond motifs is 1. The molecule has 2 aromatic heterocycles. The molecule has 3 rings (SSSR count). The molecule has 3 heterocycles. The topological polar surface area (TPSA) is 114 Å². The Morgan fingerprint density at radius 1 is 1.28 bits per heavy atom. The van der Waals surface area contributed by atoms with Crippen LogP contribution in [0.5, 0.6) is 5.88 Å². The highest BCUT2D eigenvalue weighted by atomic mass is 16.5. The second kappa shape index (κ2) is 9.13. The zero-order valence-corrected chi connectivity index (χ0v) is 16.4. The third kappa shape index (κ3) is 5.07. The molecule has 0 saturated heterocycles. The average Bonchev–Trinajstić information content (AvgIpc) is 3.03. The van der Waals surface area contributed by atoms with E-state index in [0.717, 1.165) is 5.69 Å². The van der Waals surface area contributed by atoms with Crippen LogP contribution in [-0.4, -0.2) is 52.8 Å².